The number of aliphatic hydroxyl groups is 1. The van der Waals surface area contributed by atoms with Gasteiger partial charge in [0.15, 0.2) is 5.78 Å². The molecule has 3 aromatic carbocycles. The average Bonchev–Trinajstić information content (AvgIpc) is 3.04. The number of carbonyl (C=O) groups is 1. The number of carbonyl (C=O) groups excluding carboxylic acids is 1. The number of nitrogens with zero attached hydrogens (tertiary/aromatic N) is 1. The van der Waals surface area contributed by atoms with E-state index in [9.17, 15) is 4.79 Å². The molecule has 0 saturated carbocycles. The Kier molecular flexibility index (Phi) is 7.43. The Morgan fingerprint density at radius 1 is 1.07 bits per heavy atom. The Morgan fingerprint density at radius 3 is 2.44 bits per heavy atom. The fourth-order valence-electron chi connectivity index (χ4n) is 2.61. The van der Waals surface area contributed by atoms with Gasteiger partial charge in [-0.1, -0.05) is 41.8 Å². The molecule has 0 spiro atoms. The Bertz CT molecular complexity index is 1060. The van der Waals surface area contributed by atoms with Crippen LogP contribution in [0.3, 0.4) is 0 Å². The van der Waals surface area contributed by atoms with Crippen LogP contribution in [0.5, 0.6) is 0 Å². The normalized spacial score (nSPS) is 10.8. The zero-order valence-electron chi connectivity index (χ0n) is 14.9. The van der Waals surface area contributed by atoms with Crippen molar-refractivity contribution < 1.29 is 30.0 Å². The topological polar surface area (TPSA) is 50.2 Å². The van der Waals surface area contributed by atoms with Gasteiger partial charge in [0, 0.05) is 35.9 Å². The molecule has 3 nitrogen and oxygen atoms in total. The van der Waals surface area contributed by atoms with Crippen LogP contribution in [0.4, 0.5) is 0 Å². The van der Waals surface area contributed by atoms with Gasteiger partial charge in [0.1, 0.15) is 0 Å². The van der Waals surface area contributed by atoms with Crippen LogP contribution in [-0.2, 0) is 24.9 Å². The predicted octanol–water partition coefficient (Wildman–Crippen LogP) is 5.95. The zero-order chi connectivity index (χ0) is 18.5. The van der Waals surface area contributed by atoms with Crippen LogP contribution >= 0.6 is 11.3 Å². The summed E-state index contributed by atoms with van der Waals surface area (Å²) in [7, 11) is 0. The third-order valence-corrected chi connectivity index (χ3v) is 4.69. The maximum Gasteiger partial charge on any atom is 0.155 e. The number of hydrogen-bond acceptors (Lipinski definition) is 4. The summed E-state index contributed by atoms with van der Waals surface area (Å²) < 4.78 is 1.22. The van der Waals surface area contributed by atoms with Crippen molar-refractivity contribution >= 4 is 38.1 Å². The largest absolute Gasteiger partial charge is 0.512 e. The fraction of sp³-hybridized carbons (Fsp3) is 0.0909. The molecule has 0 saturated heterocycles. The number of fused-ring (bicyclic) bond motifs is 2. The van der Waals surface area contributed by atoms with Gasteiger partial charge < -0.3 is 5.11 Å². The summed E-state index contributed by atoms with van der Waals surface area (Å²) in [6.07, 6.45) is 1.17. The van der Waals surface area contributed by atoms with Crippen LogP contribution in [0.2, 0.25) is 0 Å². The van der Waals surface area contributed by atoms with Gasteiger partial charge in [0.05, 0.1) is 11.3 Å². The van der Waals surface area contributed by atoms with Crippen LogP contribution in [0, 0.1) is 6.07 Å². The maximum absolute atomic E-state index is 10.0. The molecular formula is C22H18IrNO2S-. The number of para-hydroxylation sites is 1. The van der Waals surface area contributed by atoms with E-state index in [1.807, 2.05) is 12.1 Å². The van der Waals surface area contributed by atoms with Crippen LogP contribution in [0.25, 0.3) is 31.6 Å². The first-order valence-electron chi connectivity index (χ1n) is 8.18. The van der Waals surface area contributed by atoms with Crippen LogP contribution in [0.1, 0.15) is 13.8 Å². The maximum atomic E-state index is 10.0. The third kappa shape index (κ3) is 5.33. The minimum Gasteiger partial charge on any atom is -0.512 e. The van der Waals surface area contributed by atoms with Gasteiger partial charge >= 0.3 is 0 Å². The molecule has 1 aromatic heterocycles. The second kappa shape index (κ2) is 9.56. The monoisotopic (exact) mass is 553 g/mol. The molecule has 1 radical (unpaired) electrons. The van der Waals surface area contributed by atoms with E-state index >= 15 is 0 Å². The molecule has 4 aromatic rings. The zero-order valence-corrected chi connectivity index (χ0v) is 18.1. The molecule has 27 heavy (non-hydrogen) atoms. The molecule has 0 aliphatic carbocycles. The van der Waals surface area contributed by atoms with Crippen molar-refractivity contribution in [3.63, 3.8) is 0 Å². The minimum absolute atomic E-state index is 0. The van der Waals surface area contributed by atoms with Gasteiger partial charge in [-0.25, -0.2) is 0 Å². The molecule has 4 rings (SSSR count). The summed E-state index contributed by atoms with van der Waals surface area (Å²) >= 11 is 1.72. The van der Waals surface area contributed by atoms with Crippen molar-refractivity contribution in [1.29, 1.82) is 0 Å². The van der Waals surface area contributed by atoms with Gasteiger partial charge in [0.25, 0.3) is 0 Å². The molecule has 0 unspecified atom stereocenters. The molecule has 0 atom stereocenters. The summed E-state index contributed by atoms with van der Waals surface area (Å²) in [4.78, 5) is 14.7. The predicted molar refractivity (Wildman–Crippen MR) is 108 cm³/mol. The van der Waals surface area contributed by atoms with E-state index in [1.54, 1.807) is 11.3 Å². The van der Waals surface area contributed by atoms with E-state index < -0.39 is 0 Å². The Morgan fingerprint density at radius 2 is 1.78 bits per heavy atom. The molecule has 5 heteroatoms. The number of allylic oxidation sites excluding steroid dienone is 2. The van der Waals surface area contributed by atoms with Gasteiger partial charge in [0.2, 0.25) is 0 Å². The molecule has 0 amide bonds. The van der Waals surface area contributed by atoms with Gasteiger partial charge in [-0.2, -0.15) is 11.3 Å². The second-order valence-electron chi connectivity index (χ2n) is 5.82. The molecular weight excluding hydrogens is 535 g/mol. The molecule has 1 N–H and O–H groups in total. The standard InChI is InChI=1S/C17H10NS.C5H8O2.Ir/c1-2-8-13-12(6-1)7-5-9-14(13)17-18-15-10-3-4-11-16(15)19-17;1-4(6)3-5(2)7;/h1-8,10-11H;3,6H,1-2H3;/q-1;;/b;4-3-;. The average molecular weight is 553 g/mol. The summed E-state index contributed by atoms with van der Waals surface area (Å²) in [5.41, 5.74) is 2.16. The number of hydrogen-bond donors (Lipinski definition) is 1. The number of thiazole rings is 1. The first kappa shape index (κ1) is 21.0. The van der Waals surface area contributed by atoms with Crippen molar-refractivity contribution in [1.82, 2.24) is 4.98 Å². The van der Waals surface area contributed by atoms with Crippen LogP contribution < -0.4 is 0 Å². The van der Waals surface area contributed by atoms with Crippen molar-refractivity contribution in [3.05, 3.63) is 78.6 Å². The summed E-state index contributed by atoms with van der Waals surface area (Å²) in [6.45, 7) is 2.85. The van der Waals surface area contributed by atoms with E-state index in [0.717, 1.165) is 16.1 Å². The second-order valence-corrected chi connectivity index (χ2v) is 6.85. The number of rotatable bonds is 2. The Balaban J connectivity index is 0.000000285. The van der Waals surface area contributed by atoms with Crippen LogP contribution in [0.15, 0.2) is 72.5 Å². The van der Waals surface area contributed by atoms with Crippen molar-refractivity contribution in [2.75, 3.05) is 0 Å². The van der Waals surface area contributed by atoms with E-state index in [2.05, 4.69) is 54.6 Å². The quantitative estimate of drug-likeness (QED) is 0.190. The first-order valence-corrected chi connectivity index (χ1v) is 8.99. The molecule has 0 aliphatic heterocycles. The number of ketones is 1. The summed E-state index contributed by atoms with van der Waals surface area (Å²) in [6, 6.07) is 24.0. The van der Waals surface area contributed by atoms with Crippen LogP contribution in [-0.4, -0.2) is 15.9 Å². The SMILES string of the molecule is CC(=O)/C=C(/C)O.[Ir].[c-]1ccc2ccccc2c1-c1nc2ccccc2s1. The number of aliphatic hydroxyl groups excluding tert-OH is 1. The van der Waals surface area contributed by atoms with Gasteiger partial charge in [-0.05, 0) is 26.0 Å². The summed E-state index contributed by atoms with van der Waals surface area (Å²) in [5, 5.41) is 11.8. The van der Waals surface area contributed by atoms with E-state index in [4.69, 9.17) is 10.1 Å². The summed E-state index contributed by atoms with van der Waals surface area (Å²) in [5.74, 6) is -0.0625. The van der Waals surface area contributed by atoms with E-state index in [0.29, 0.717) is 0 Å². The molecule has 0 aliphatic rings. The van der Waals surface area contributed by atoms with Crippen molar-refractivity contribution in [2.24, 2.45) is 0 Å². The fourth-order valence-corrected chi connectivity index (χ4v) is 3.60. The van der Waals surface area contributed by atoms with Crippen molar-refractivity contribution in [3.8, 4) is 10.6 Å². The number of aromatic nitrogens is 1. The Labute approximate surface area is 175 Å². The van der Waals surface area contributed by atoms with E-state index in [1.165, 1.54) is 35.4 Å². The van der Waals surface area contributed by atoms with Gasteiger partial charge in [-0.15, -0.1) is 29.1 Å². The van der Waals surface area contributed by atoms with E-state index in [-0.39, 0.29) is 31.6 Å². The smallest absolute Gasteiger partial charge is 0.155 e. The Hall–Kier alpha value is -2.33. The molecule has 139 valence electrons. The molecule has 0 bridgehead atoms. The van der Waals surface area contributed by atoms with Crippen molar-refractivity contribution in [2.45, 2.75) is 13.8 Å². The minimum atomic E-state index is -0.125. The van der Waals surface area contributed by atoms with Gasteiger partial charge in [-0.3, -0.25) is 9.78 Å². The third-order valence-electron chi connectivity index (χ3n) is 3.64. The molecule has 0 fully saturated rings. The molecule has 1 heterocycles. The first-order chi connectivity index (χ1) is 12.5. The number of benzene rings is 3.